The number of hydrogen-bond donors (Lipinski definition) is 2. The summed E-state index contributed by atoms with van der Waals surface area (Å²) in [4.78, 5) is 12.2. The van der Waals surface area contributed by atoms with E-state index in [4.69, 9.17) is 23.2 Å². The number of hydrogen-bond acceptors (Lipinski definition) is 2. The van der Waals surface area contributed by atoms with Gasteiger partial charge in [0.15, 0.2) is 0 Å². The number of rotatable bonds is 4. The van der Waals surface area contributed by atoms with Crippen molar-refractivity contribution in [2.45, 2.75) is 31.7 Å². The molecule has 0 bridgehead atoms. The van der Waals surface area contributed by atoms with Crippen molar-refractivity contribution in [2.24, 2.45) is 0 Å². The van der Waals surface area contributed by atoms with E-state index in [1.54, 1.807) is 12.1 Å². The standard InChI is InChI=1S/C15H15Cl2N3O/c1-8(11-5-4-10(16)6-12(11)17)18-15(21)14-7-13(19-20-14)9-2-3-9/h4-9H,2-3H2,1H3,(H,18,21)(H,19,20). The highest BCUT2D eigenvalue weighted by Crippen LogP contribution is 2.39. The van der Waals surface area contributed by atoms with Crippen LogP contribution in [0.3, 0.4) is 0 Å². The Hall–Kier alpha value is -1.52. The van der Waals surface area contributed by atoms with E-state index < -0.39 is 0 Å². The van der Waals surface area contributed by atoms with Crippen molar-refractivity contribution < 1.29 is 4.79 Å². The van der Waals surface area contributed by atoms with Gasteiger partial charge in [-0.3, -0.25) is 9.89 Å². The van der Waals surface area contributed by atoms with Gasteiger partial charge in [-0.1, -0.05) is 29.3 Å². The van der Waals surface area contributed by atoms with Gasteiger partial charge in [0.25, 0.3) is 5.91 Å². The average molecular weight is 324 g/mol. The average Bonchev–Trinajstić information content (AvgIpc) is 3.16. The summed E-state index contributed by atoms with van der Waals surface area (Å²) in [7, 11) is 0. The Labute approximate surface area is 132 Å². The molecule has 0 radical (unpaired) electrons. The van der Waals surface area contributed by atoms with E-state index in [1.165, 1.54) is 12.8 Å². The van der Waals surface area contributed by atoms with Crippen molar-refractivity contribution in [3.8, 4) is 0 Å². The van der Waals surface area contributed by atoms with E-state index in [-0.39, 0.29) is 11.9 Å². The predicted molar refractivity (Wildman–Crippen MR) is 82.9 cm³/mol. The third-order valence-corrected chi connectivity index (χ3v) is 4.19. The van der Waals surface area contributed by atoms with Crippen LogP contribution in [-0.4, -0.2) is 16.1 Å². The van der Waals surface area contributed by atoms with Crippen LogP contribution >= 0.6 is 23.2 Å². The minimum Gasteiger partial charge on any atom is -0.344 e. The lowest BCUT2D eigenvalue weighted by Crippen LogP contribution is -2.27. The molecule has 1 saturated carbocycles. The highest BCUT2D eigenvalue weighted by molar-refractivity contribution is 6.35. The minimum atomic E-state index is -0.219. The van der Waals surface area contributed by atoms with Gasteiger partial charge in [-0.15, -0.1) is 0 Å². The highest BCUT2D eigenvalue weighted by Gasteiger charge is 2.26. The molecule has 1 aliphatic carbocycles. The number of halogens is 2. The normalized spacial score (nSPS) is 15.8. The van der Waals surface area contributed by atoms with Gasteiger partial charge in [0, 0.05) is 21.7 Å². The maximum absolute atomic E-state index is 12.2. The van der Waals surface area contributed by atoms with Gasteiger partial charge in [0.2, 0.25) is 0 Å². The van der Waals surface area contributed by atoms with Crippen molar-refractivity contribution in [3.63, 3.8) is 0 Å². The van der Waals surface area contributed by atoms with Crippen LogP contribution in [0.5, 0.6) is 0 Å². The molecule has 1 aromatic heterocycles. The zero-order chi connectivity index (χ0) is 15.0. The first-order valence-corrected chi connectivity index (χ1v) is 7.61. The fourth-order valence-electron chi connectivity index (χ4n) is 2.26. The van der Waals surface area contributed by atoms with Crippen LogP contribution in [0.1, 0.15) is 53.5 Å². The first kappa shape index (κ1) is 14.4. The second-order valence-corrected chi connectivity index (χ2v) is 6.19. The number of carbonyl (C=O) groups is 1. The van der Waals surface area contributed by atoms with E-state index in [1.807, 2.05) is 19.1 Å². The molecule has 21 heavy (non-hydrogen) atoms. The molecular formula is C15H15Cl2N3O. The third kappa shape index (κ3) is 3.22. The molecule has 4 nitrogen and oxygen atoms in total. The number of nitrogens with one attached hydrogen (secondary N) is 2. The molecule has 1 fully saturated rings. The SMILES string of the molecule is CC(NC(=O)c1cc(C2CC2)[nH]n1)c1ccc(Cl)cc1Cl. The van der Waals surface area contributed by atoms with Gasteiger partial charge in [-0.05, 0) is 43.5 Å². The molecule has 0 saturated heterocycles. The summed E-state index contributed by atoms with van der Waals surface area (Å²) in [6.45, 7) is 1.88. The Kier molecular flexibility index (Phi) is 3.91. The van der Waals surface area contributed by atoms with Crippen molar-refractivity contribution >= 4 is 29.1 Å². The number of benzene rings is 1. The summed E-state index contributed by atoms with van der Waals surface area (Å²) >= 11 is 12.0. The van der Waals surface area contributed by atoms with Crippen LogP contribution in [0.15, 0.2) is 24.3 Å². The molecule has 2 N–H and O–H groups in total. The lowest BCUT2D eigenvalue weighted by atomic mass is 10.1. The number of aromatic amines is 1. The molecule has 1 unspecified atom stereocenters. The molecular weight excluding hydrogens is 309 g/mol. The van der Waals surface area contributed by atoms with Gasteiger partial charge in [0.05, 0.1) is 6.04 Å². The molecule has 0 aliphatic heterocycles. The number of carbonyl (C=O) groups excluding carboxylic acids is 1. The molecule has 6 heteroatoms. The molecule has 3 rings (SSSR count). The van der Waals surface area contributed by atoms with Crippen LogP contribution in [0.4, 0.5) is 0 Å². The zero-order valence-electron chi connectivity index (χ0n) is 11.5. The van der Waals surface area contributed by atoms with E-state index in [2.05, 4.69) is 15.5 Å². The van der Waals surface area contributed by atoms with Gasteiger partial charge in [-0.25, -0.2) is 0 Å². The topological polar surface area (TPSA) is 57.8 Å². The van der Waals surface area contributed by atoms with Crippen molar-refractivity contribution in [1.82, 2.24) is 15.5 Å². The molecule has 0 spiro atoms. The Morgan fingerprint density at radius 3 is 2.81 bits per heavy atom. The summed E-state index contributed by atoms with van der Waals surface area (Å²) in [5.41, 5.74) is 2.28. The number of amides is 1. The Balaban J connectivity index is 1.70. The predicted octanol–water partition coefficient (Wildman–Crippen LogP) is 4.08. The Morgan fingerprint density at radius 1 is 1.38 bits per heavy atom. The lowest BCUT2D eigenvalue weighted by Gasteiger charge is -2.15. The monoisotopic (exact) mass is 323 g/mol. The van der Waals surface area contributed by atoms with Crippen LogP contribution in [0, 0.1) is 0 Å². The van der Waals surface area contributed by atoms with Gasteiger partial charge in [-0.2, -0.15) is 5.10 Å². The Bertz CT molecular complexity index is 679. The van der Waals surface area contributed by atoms with E-state index in [0.717, 1.165) is 11.3 Å². The third-order valence-electron chi connectivity index (χ3n) is 3.62. The lowest BCUT2D eigenvalue weighted by molar-refractivity contribution is 0.0935. The molecule has 1 atom stereocenters. The zero-order valence-corrected chi connectivity index (χ0v) is 13.0. The minimum absolute atomic E-state index is 0.211. The van der Waals surface area contributed by atoms with Crippen LogP contribution < -0.4 is 5.32 Å². The number of H-pyrrole nitrogens is 1. The number of nitrogens with zero attached hydrogens (tertiary/aromatic N) is 1. The first-order valence-electron chi connectivity index (χ1n) is 6.85. The second-order valence-electron chi connectivity index (χ2n) is 5.34. The van der Waals surface area contributed by atoms with Crippen molar-refractivity contribution in [2.75, 3.05) is 0 Å². The van der Waals surface area contributed by atoms with E-state index in [0.29, 0.717) is 21.7 Å². The van der Waals surface area contributed by atoms with Crippen LogP contribution in [0.25, 0.3) is 0 Å². The van der Waals surface area contributed by atoms with E-state index in [9.17, 15) is 4.79 Å². The molecule has 110 valence electrons. The quantitative estimate of drug-likeness (QED) is 0.890. The fraction of sp³-hybridized carbons (Fsp3) is 0.333. The summed E-state index contributed by atoms with van der Waals surface area (Å²) in [5, 5.41) is 11.0. The van der Waals surface area contributed by atoms with Crippen LogP contribution in [-0.2, 0) is 0 Å². The summed E-state index contributed by atoms with van der Waals surface area (Å²) in [6, 6.07) is 6.84. The number of aromatic nitrogens is 2. The summed E-state index contributed by atoms with van der Waals surface area (Å²) in [5.74, 6) is 0.332. The molecule has 1 amide bonds. The van der Waals surface area contributed by atoms with Gasteiger partial charge in [0.1, 0.15) is 5.69 Å². The Morgan fingerprint density at radius 2 is 2.14 bits per heavy atom. The highest BCUT2D eigenvalue weighted by atomic mass is 35.5. The smallest absolute Gasteiger partial charge is 0.272 e. The fourth-order valence-corrected chi connectivity index (χ4v) is 2.83. The molecule has 1 aromatic carbocycles. The van der Waals surface area contributed by atoms with Gasteiger partial charge < -0.3 is 5.32 Å². The molecule has 2 aromatic rings. The second kappa shape index (κ2) is 5.70. The van der Waals surface area contributed by atoms with E-state index >= 15 is 0 Å². The van der Waals surface area contributed by atoms with Gasteiger partial charge >= 0.3 is 0 Å². The maximum atomic E-state index is 12.2. The maximum Gasteiger partial charge on any atom is 0.272 e. The van der Waals surface area contributed by atoms with Crippen molar-refractivity contribution in [1.29, 1.82) is 0 Å². The first-order chi connectivity index (χ1) is 10.0. The van der Waals surface area contributed by atoms with Crippen molar-refractivity contribution in [3.05, 3.63) is 51.3 Å². The van der Waals surface area contributed by atoms with Crippen LogP contribution in [0.2, 0.25) is 10.0 Å². The summed E-state index contributed by atoms with van der Waals surface area (Å²) in [6.07, 6.45) is 2.33. The molecule has 1 heterocycles. The summed E-state index contributed by atoms with van der Waals surface area (Å²) < 4.78 is 0. The molecule has 1 aliphatic rings. The largest absolute Gasteiger partial charge is 0.344 e.